The van der Waals surface area contributed by atoms with Gasteiger partial charge in [0.25, 0.3) is 0 Å². The van der Waals surface area contributed by atoms with Crippen molar-refractivity contribution < 1.29 is 19.1 Å². The maximum atomic E-state index is 10.8. The lowest BCUT2D eigenvalue weighted by Crippen LogP contribution is -2.38. The highest BCUT2D eigenvalue weighted by Gasteiger charge is 2.31. The van der Waals surface area contributed by atoms with Crippen molar-refractivity contribution in [2.75, 3.05) is 13.2 Å². The van der Waals surface area contributed by atoms with Gasteiger partial charge in [0.1, 0.15) is 19.1 Å². The molecular weight excluding hydrogens is 160 g/mol. The second-order valence-electron chi connectivity index (χ2n) is 2.71. The molecule has 0 bridgehead atoms. The van der Waals surface area contributed by atoms with Crippen LogP contribution < -0.4 is 0 Å². The quantitative estimate of drug-likeness (QED) is 0.451. The van der Waals surface area contributed by atoms with Crippen molar-refractivity contribution in [1.29, 1.82) is 0 Å². The van der Waals surface area contributed by atoms with E-state index in [9.17, 15) is 9.59 Å². The van der Waals surface area contributed by atoms with Gasteiger partial charge in [0.2, 0.25) is 0 Å². The van der Waals surface area contributed by atoms with Gasteiger partial charge in [0.05, 0.1) is 0 Å². The molecule has 0 N–H and O–H groups in total. The molecule has 0 aromatic heterocycles. The van der Waals surface area contributed by atoms with E-state index in [0.717, 1.165) is 0 Å². The lowest BCUT2D eigenvalue weighted by Gasteiger charge is -2.23. The number of rotatable bonds is 3. The molecule has 0 radical (unpaired) electrons. The number of hydrogen-bond acceptors (Lipinski definition) is 4. The van der Waals surface area contributed by atoms with Crippen molar-refractivity contribution in [2.45, 2.75) is 6.92 Å². The highest BCUT2D eigenvalue weighted by atomic mass is 16.6. The average Bonchev–Trinajstić information content (AvgIpc) is 2.01. The second-order valence-corrected chi connectivity index (χ2v) is 2.71. The van der Waals surface area contributed by atoms with Gasteiger partial charge in [-0.25, -0.2) is 4.79 Å². The van der Waals surface area contributed by atoms with Crippen molar-refractivity contribution in [3.63, 3.8) is 0 Å². The predicted octanol–water partition coefficient (Wildman–Crippen LogP) is 0.279. The van der Waals surface area contributed by atoms with Gasteiger partial charge in [-0.15, -0.1) is 0 Å². The topological polar surface area (TPSA) is 52.6 Å². The Morgan fingerprint density at radius 3 is 2.83 bits per heavy atom. The summed E-state index contributed by atoms with van der Waals surface area (Å²) >= 11 is 0. The second kappa shape index (κ2) is 3.38. The van der Waals surface area contributed by atoms with E-state index in [4.69, 9.17) is 4.74 Å². The summed E-state index contributed by atoms with van der Waals surface area (Å²) in [5, 5.41) is 0. The minimum Gasteiger partial charge on any atom is -0.464 e. The van der Waals surface area contributed by atoms with Crippen LogP contribution in [0.2, 0.25) is 0 Å². The molecule has 1 aliphatic rings. The lowest BCUT2D eigenvalue weighted by atomic mass is 10.1. The van der Waals surface area contributed by atoms with Gasteiger partial charge in [-0.3, -0.25) is 4.79 Å². The summed E-state index contributed by atoms with van der Waals surface area (Å²) in [7, 11) is 0. The predicted molar refractivity (Wildman–Crippen MR) is 40.2 cm³/mol. The zero-order valence-corrected chi connectivity index (χ0v) is 6.83. The third-order valence-corrected chi connectivity index (χ3v) is 1.52. The molecule has 4 nitrogen and oxygen atoms in total. The molecule has 1 unspecified atom stereocenters. The maximum absolute atomic E-state index is 10.8. The highest BCUT2D eigenvalue weighted by molar-refractivity contribution is 5.87. The fourth-order valence-corrected chi connectivity index (χ4v) is 0.685. The number of cyclic esters (lactones) is 1. The van der Waals surface area contributed by atoms with Crippen molar-refractivity contribution in [2.24, 2.45) is 5.92 Å². The third-order valence-electron chi connectivity index (χ3n) is 1.52. The van der Waals surface area contributed by atoms with Crippen LogP contribution >= 0.6 is 0 Å². The summed E-state index contributed by atoms with van der Waals surface area (Å²) in [5.74, 6) is -1.03. The first-order valence-corrected chi connectivity index (χ1v) is 3.60. The van der Waals surface area contributed by atoms with E-state index in [1.54, 1.807) is 6.92 Å². The molecule has 66 valence electrons. The first-order chi connectivity index (χ1) is 5.61. The average molecular weight is 170 g/mol. The monoisotopic (exact) mass is 170 g/mol. The van der Waals surface area contributed by atoms with E-state index in [0.29, 0.717) is 12.2 Å². The molecule has 1 rings (SSSR count). The minimum atomic E-state index is -0.463. The fraction of sp³-hybridized carbons (Fsp3) is 0.500. The Bertz CT molecular complexity index is 231. The van der Waals surface area contributed by atoms with Gasteiger partial charge in [-0.05, 0) is 6.92 Å². The van der Waals surface area contributed by atoms with E-state index in [1.165, 1.54) is 0 Å². The SMILES string of the molecule is C=C(C)C(=O)OCC1COC1=O. The van der Waals surface area contributed by atoms with Crippen LogP contribution in [0.5, 0.6) is 0 Å². The van der Waals surface area contributed by atoms with Crippen LogP contribution in [0.25, 0.3) is 0 Å². The van der Waals surface area contributed by atoms with Gasteiger partial charge >= 0.3 is 11.9 Å². The summed E-state index contributed by atoms with van der Waals surface area (Å²) in [6, 6.07) is 0. The van der Waals surface area contributed by atoms with Crippen LogP contribution in [0.3, 0.4) is 0 Å². The molecule has 1 heterocycles. The van der Waals surface area contributed by atoms with Crippen LogP contribution in [0.15, 0.2) is 12.2 Å². The summed E-state index contributed by atoms with van der Waals surface area (Å²) in [6.45, 7) is 5.41. The van der Waals surface area contributed by atoms with Crippen molar-refractivity contribution in [1.82, 2.24) is 0 Å². The molecule has 0 spiro atoms. The molecule has 1 aliphatic heterocycles. The van der Waals surface area contributed by atoms with E-state index >= 15 is 0 Å². The molecule has 1 saturated heterocycles. The number of esters is 2. The summed E-state index contributed by atoms with van der Waals surface area (Å²) in [6.07, 6.45) is 0. The number of carbonyl (C=O) groups is 2. The van der Waals surface area contributed by atoms with E-state index < -0.39 is 5.97 Å². The number of hydrogen-bond donors (Lipinski definition) is 0. The van der Waals surface area contributed by atoms with Crippen LogP contribution in [-0.4, -0.2) is 25.2 Å². The van der Waals surface area contributed by atoms with E-state index in [1.807, 2.05) is 0 Å². The Labute approximate surface area is 70.1 Å². The molecule has 0 aliphatic carbocycles. The van der Waals surface area contributed by atoms with E-state index in [2.05, 4.69) is 11.3 Å². The van der Waals surface area contributed by atoms with E-state index in [-0.39, 0.29) is 18.5 Å². The Hall–Kier alpha value is -1.32. The lowest BCUT2D eigenvalue weighted by molar-refractivity contribution is -0.174. The third kappa shape index (κ3) is 1.84. The zero-order valence-electron chi connectivity index (χ0n) is 6.83. The molecule has 0 aromatic rings. The first kappa shape index (κ1) is 8.77. The van der Waals surface area contributed by atoms with Crippen molar-refractivity contribution >= 4 is 11.9 Å². The Morgan fingerprint density at radius 1 is 1.83 bits per heavy atom. The van der Waals surface area contributed by atoms with Gasteiger partial charge < -0.3 is 9.47 Å². The molecule has 0 amide bonds. The molecule has 0 saturated carbocycles. The molecule has 1 atom stereocenters. The smallest absolute Gasteiger partial charge is 0.333 e. The zero-order chi connectivity index (χ0) is 9.14. The van der Waals surface area contributed by atoms with Crippen LogP contribution in [0.4, 0.5) is 0 Å². The minimum absolute atomic E-state index is 0.102. The maximum Gasteiger partial charge on any atom is 0.333 e. The van der Waals surface area contributed by atoms with Gasteiger partial charge in [-0.1, -0.05) is 6.58 Å². The van der Waals surface area contributed by atoms with Crippen LogP contribution in [-0.2, 0) is 19.1 Å². The standard InChI is InChI=1S/C8H10O4/c1-5(2)7(9)11-3-6-4-12-8(6)10/h6H,1,3-4H2,2H3. The fourth-order valence-electron chi connectivity index (χ4n) is 0.685. The van der Waals surface area contributed by atoms with Crippen LogP contribution in [0, 0.1) is 5.92 Å². The number of carbonyl (C=O) groups excluding carboxylic acids is 2. The van der Waals surface area contributed by atoms with Gasteiger partial charge in [0.15, 0.2) is 0 Å². The van der Waals surface area contributed by atoms with Gasteiger partial charge in [0, 0.05) is 5.57 Å². The van der Waals surface area contributed by atoms with Crippen molar-refractivity contribution in [3.8, 4) is 0 Å². The van der Waals surface area contributed by atoms with Crippen LogP contribution in [0.1, 0.15) is 6.92 Å². The Kier molecular flexibility index (Phi) is 2.47. The Morgan fingerprint density at radius 2 is 2.50 bits per heavy atom. The van der Waals surface area contributed by atoms with Gasteiger partial charge in [-0.2, -0.15) is 0 Å². The summed E-state index contributed by atoms with van der Waals surface area (Å²) in [4.78, 5) is 21.4. The number of ether oxygens (including phenoxy) is 2. The molecule has 0 aromatic carbocycles. The normalized spacial score (nSPS) is 20.8. The highest BCUT2D eigenvalue weighted by Crippen LogP contribution is 2.12. The summed E-state index contributed by atoms with van der Waals surface area (Å²) in [5.41, 5.74) is 0.336. The largest absolute Gasteiger partial charge is 0.464 e. The molecule has 1 fully saturated rings. The summed E-state index contributed by atoms with van der Waals surface area (Å²) < 4.78 is 9.22. The van der Waals surface area contributed by atoms with Crippen molar-refractivity contribution in [3.05, 3.63) is 12.2 Å². The molecule has 4 heteroatoms. The molecular formula is C8H10O4. The molecule has 12 heavy (non-hydrogen) atoms. The Balaban J connectivity index is 2.21. The first-order valence-electron chi connectivity index (χ1n) is 3.60.